The summed E-state index contributed by atoms with van der Waals surface area (Å²) < 4.78 is 42.0. The molecule has 0 radical (unpaired) electrons. The van der Waals surface area contributed by atoms with Crippen molar-refractivity contribution in [2.24, 2.45) is 0 Å². The Morgan fingerprint density at radius 2 is 1.78 bits per heavy atom. The molecule has 142 valence electrons. The number of fused-ring (bicyclic) bond motifs is 1. The van der Waals surface area contributed by atoms with Gasteiger partial charge in [-0.3, -0.25) is 0 Å². The van der Waals surface area contributed by atoms with Gasteiger partial charge >= 0.3 is 5.97 Å². The summed E-state index contributed by atoms with van der Waals surface area (Å²) in [5.74, 6) is 0.384. The molecule has 3 aromatic rings. The van der Waals surface area contributed by atoms with Gasteiger partial charge in [-0.2, -0.15) is 0 Å². The number of imidazole rings is 1. The fourth-order valence-corrected chi connectivity index (χ4v) is 4.32. The van der Waals surface area contributed by atoms with Gasteiger partial charge in [0.15, 0.2) is 11.4 Å². The second kappa shape index (κ2) is 7.41. The summed E-state index contributed by atoms with van der Waals surface area (Å²) in [6.45, 7) is -0.266. The van der Waals surface area contributed by atoms with Crippen molar-refractivity contribution in [3.63, 3.8) is 0 Å². The molecule has 2 aromatic carbocycles. The molecule has 1 N–H and O–H groups in total. The Kier molecular flexibility index (Phi) is 5.19. The molecule has 0 aliphatic heterocycles. The highest BCUT2D eigenvalue weighted by atomic mass is 32.2. The third kappa shape index (κ3) is 3.67. The highest BCUT2D eigenvalue weighted by Crippen LogP contribution is 2.25. The maximum absolute atomic E-state index is 13.0. The Morgan fingerprint density at radius 1 is 1.11 bits per heavy atom. The number of benzene rings is 2. The fourth-order valence-electron chi connectivity index (χ4n) is 2.45. The molecule has 1 heterocycles. The maximum Gasteiger partial charge on any atom is 0.343 e. The SMILES string of the molecule is COC(=O)COc1ccc(S(=O)(=O)n2c(=S)[nH]c3cc(OC)ccc32)cc1. The number of carbonyl (C=O) groups is 1. The summed E-state index contributed by atoms with van der Waals surface area (Å²) in [6.07, 6.45) is 0. The first-order chi connectivity index (χ1) is 12.9. The number of aromatic amines is 1. The minimum atomic E-state index is -3.93. The van der Waals surface area contributed by atoms with E-state index >= 15 is 0 Å². The van der Waals surface area contributed by atoms with E-state index in [1.54, 1.807) is 18.2 Å². The molecule has 1 aromatic heterocycles. The van der Waals surface area contributed by atoms with E-state index in [-0.39, 0.29) is 16.3 Å². The van der Waals surface area contributed by atoms with Crippen molar-refractivity contribution in [3.8, 4) is 11.5 Å². The van der Waals surface area contributed by atoms with Gasteiger partial charge in [0.05, 0.1) is 30.1 Å². The van der Waals surface area contributed by atoms with E-state index in [0.29, 0.717) is 22.5 Å². The largest absolute Gasteiger partial charge is 0.497 e. The van der Waals surface area contributed by atoms with Gasteiger partial charge in [0, 0.05) is 6.07 Å². The fraction of sp³-hybridized carbons (Fsp3) is 0.176. The van der Waals surface area contributed by atoms with Crippen LogP contribution in [0.2, 0.25) is 0 Å². The van der Waals surface area contributed by atoms with Gasteiger partial charge in [-0.05, 0) is 48.6 Å². The molecular weight excluding hydrogens is 392 g/mol. The first-order valence-electron chi connectivity index (χ1n) is 7.71. The van der Waals surface area contributed by atoms with Gasteiger partial charge in [0.1, 0.15) is 11.5 Å². The van der Waals surface area contributed by atoms with Gasteiger partial charge in [-0.1, -0.05) is 0 Å². The summed E-state index contributed by atoms with van der Waals surface area (Å²) in [4.78, 5) is 14.0. The lowest BCUT2D eigenvalue weighted by atomic mass is 10.3. The van der Waals surface area contributed by atoms with Crippen LogP contribution in [0.15, 0.2) is 47.4 Å². The van der Waals surface area contributed by atoms with Crippen molar-refractivity contribution in [2.45, 2.75) is 4.90 Å². The number of rotatable bonds is 6. The van der Waals surface area contributed by atoms with Gasteiger partial charge in [0.25, 0.3) is 10.0 Å². The molecule has 0 saturated carbocycles. The van der Waals surface area contributed by atoms with Crippen molar-refractivity contribution in [3.05, 3.63) is 47.2 Å². The van der Waals surface area contributed by atoms with Crippen LogP contribution in [0.5, 0.6) is 11.5 Å². The average Bonchev–Trinajstić information content (AvgIpc) is 3.01. The van der Waals surface area contributed by atoms with Crippen LogP contribution in [0.1, 0.15) is 0 Å². The van der Waals surface area contributed by atoms with Crippen molar-refractivity contribution in [1.29, 1.82) is 0 Å². The Labute approximate surface area is 160 Å². The summed E-state index contributed by atoms with van der Waals surface area (Å²) in [7, 11) is -1.16. The smallest absolute Gasteiger partial charge is 0.343 e. The number of methoxy groups -OCH3 is 2. The van der Waals surface area contributed by atoms with Gasteiger partial charge < -0.3 is 19.2 Å². The lowest BCUT2D eigenvalue weighted by Crippen LogP contribution is -2.14. The number of carbonyl (C=O) groups excluding carboxylic acids is 1. The Balaban J connectivity index is 1.97. The number of esters is 1. The van der Waals surface area contributed by atoms with Crippen molar-refractivity contribution in [1.82, 2.24) is 8.96 Å². The van der Waals surface area contributed by atoms with E-state index in [2.05, 4.69) is 9.72 Å². The monoisotopic (exact) mass is 408 g/mol. The Morgan fingerprint density at radius 3 is 2.41 bits per heavy atom. The summed E-state index contributed by atoms with van der Waals surface area (Å²) >= 11 is 5.20. The number of hydrogen-bond acceptors (Lipinski definition) is 7. The number of ether oxygens (including phenoxy) is 3. The molecule has 0 unspecified atom stereocenters. The molecule has 27 heavy (non-hydrogen) atoms. The Bertz CT molecular complexity index is 1150. The van der Waals surface area contributed by atoms with E-state index in [9.17, 15) is 13.2 Å². The standard InChI is InChI=1S/C17H16N2O6S2/c1-23-12-5-8-15-14(9-12)18-17(26)19(15)27(21,22)13-6-3-11(4-7-13)25-10-16(20)24-2/h3-9H,10H2,1-2H3,(H,18,26). The molecule has 0 saturated heterocycles. The summed E-state index contributed by atoms with van der Waals surface area (Å²) in [5.41, 5.74) is 0.952. The van der Waals surface area contributed by atoms with Crippen molar-refractivity contribution in [2.75, 3.05) is 20.8 Å². The lowest BCUT2D eigenvalue weighted by molar-refractivity contribution is -0.142. The number of nitrogens with zero attached hydrogens (tertiary/aromatic N) is 1. The van der Waals surface area contributed by atoms with Gasteiger partial charge in [-0.25, -0.2) is 17.2 Å². The Hall–Kier alpha value is -2.85. The second-order valence-electron chi connectivity index (χ2n) is 5.42. The van der Waals surface area contributed by atoms with E-state index in [4.69, 9.17) is 21.7 Å². The van der Waals surface area contributed by atoms with Gasteiger partial charge in [-0.15, -0.1) is 0 Å². The second-order valence-corrected chi connectivity index (χ2v) is 7.59. The molecule has 0 aliphatic rings. The predicted molar refractivity (Wildman–Crippen MR) is 100 cm³/mol. The normalized spacial score (nSPS) is 11.3. The van der Waals surface area contributed by atoms with E-state index in [1.165, 1.54) is 38.5 Å². The third-order valence-electron chi connectivity index (χ3n) is 3.79. The maximum atomic E-state index is 13.0. The molecule has 0 spiro atoms. The molecule has 10 heteroatoms. The van der Waals surface area contributed by atoms with Crippen LogP contribution in [0.25, 0.3) is 11.0 Å². The lowest BCUT2D eigenvalue weighted by Gasteiger charge is -2.09. The highest BCUT2D eigenvalue weighted by molar-refractivity contribution is 7.90. The molecule has 0 aliphatic carbocycles. The van der Waals surface area contributed by atoms with Crippen LogP contribution >= 0.6 is 12.2 Å². The predicted octanol–water partition coefficient (Wildman–Crippen LogP) is 2.50. The molecule has 0 amide bonds. The van der Waals surface area contributed by atoms with Crippen LogP contribution < -0.4 is 9.47 Å². The molecule has 8 nitrogen and oxygen atoms in total. The first-order valence-corrected chi connectivity index (χ1v) is 9.55. The third-order valence-corrected chi connectivity index (χ3v) is 5.92. The number of hydrogen-bond donors (Lipinski definition) is 1. The number of nitrogens with one attached hydrogen (secondary N) is 1. The molecule has 3 rings (SSSR count). The van der Waals surface area contributed by atoms with E-state index in [1.807, 2.05) is 0 Å². The summed E-state index contributed by atoms with van der Waals surface area (Å²) in [6, 6.07) is 10.6. The zero-order chi connectivity index (χ0) is 19.6. The minimum absolute atomic E-state index is 0.0285. The zero-order valence-corrected chi connectivity index (χ0v) is 16.1. The molecule has 0 bridgehead atoms. The van der Waals surface area contributed by atoms with E-state index < -0.39 is 16.0 Å². The number of H-pyrrole nitrogens is 1. The topological polar surface area (TPSA) is 99.6 Å². The zero-order valence-electron chi connectivity index (χ0n) is 14.5. The van der Waals surface area contributed by atoms with Crippen LogP contribution in [-0.2, 0) is 19.6 Å². The molecule has 0 atom stereocenters. The molecule has 0 fully saturated rings. The van der Waals surface area contributed by atoms with E-state index in [0.717, 1.165) is 3.97 Å². The number of aromatic nitrogens is 2. The van der Waals surface area contributed by atoms with Crippen LogP contribution in [0.3, 0.4) is 0 Å². The van der Waals surface area contributed by atoms with Crippen LogP contribution in [0.4, 0.5) is 0 Å². The minimum Gasteiger partial charge on any atom is -0.497 e. The molecular formula is C17H16N2O6S2. The summed E-state index contributed by atoms with van der Waals surface area (Å²) in [5, 5.41) is 0. The van der Waals surface area contributed by atoms with Gasteiger partial charge in [0.2, 0.25) is 0 Å². The first kappa shape index (κ1) is 18.9. The van der Waals surface area contributed by atoms with Crippen LogP contribution in [-0.4, -0.2) is 44.2 Å². The average molecular weight is 408 g/mol. The van der Waals surface area contributed by atoms with Crippen molar-refractivity contribution < 1.29 is 27.4 Å². The van der Waals surface area contributed by atoms with Crippen LogP contribution in [0, 0.1) is 4.77 Å². The highest BCUT2D eigenvalue weighted by Gasteiger charge is 2.21. The van der Waals surface area contributed by atoms with Crippen molar-refractivity contribution >= 4 is 39.2 Å². The quantitative estimate of drug-likeness (QED) is 0.494.